The molecule has 0 aliphatic rings. The summed E-state index contributed by atoms with van der Waals surface area (Å²) in [5.74, 6) is 1.16. The van der Waals surface area contributed by atoms with Gasteiger partial charge >= 0.3 is 0 Å². The van der Waals surface area contributed by atoms with Crippen LogP contribution in [0.1, 0.15) is 51.0 Å². The van der Waals surface area contributed by atoms with Crippen LogP contribution in [0.15, 0.2) is 28.8 Å². The quantitative estimate of drug-likeness (QED) is 0.620. The van der Waals surface area contributed by atoms with E-state index in [-0.39, 0.29) is 22.1 Å². The number of nitro benzene ring substituents is 1. The first-order valence-corrected chi connectivity index (χ1v) is 7.46. The molecule has 1 aromatic carbocycles. The Morgan fingerprint density at radius 3 is 2.57 bits per heavy atom. The van der Waals surface area contributed by atoms with Crippen molar-refractivity contribution in [1.29, 1.82) is 0 Å². The Bertz CT molecular complexity index is 691. The van der Waals surface area contributed by atoms with Gasteiger partial charge in [-0.15, -0.1) is 0 Å². The standard InChI is InChI=1S/C16H22N4O3/c1-11(14-17-15(18-23-14)16(2,3)4)19(5)10-12-8-6-7-9-13(12)20(21)22/h6-9,11H,10H2,1-5H3/t11-/m1/s1. The number of hydrogen-bond donors (Lipinski definition) is 0. The molecule has 2 aromatic rings. The average molecular weight is 318 g/mol. The molecule has 0 aliphatic carbocycles. The zero-order chi connectivity index (χ0) is 17.2. The van der Waals surface area contributed by atoms with E-state index in [1.165, 1.54) is 6.07 Å². The predicted octanol–water partition coefficient (Wildman–Crippen LogP) is 3.47. The summed E-state index contributed by atoms with van der Waals surface area (Å²) in [6.45, 7) is 8.41. The molecule has 0 N–H and O–H groups in total. The third kappa shape index (κ3) is 3.92. The second-order valence-electron chi connectivity index (χ2n) is 6.68. The molecular weight excluding hydrogens is 296 g/mol. The van der Waals surface area contributed by atoms with Crippen molar-refractivity contribution in [2.45, 2.75) is 45.7 Å². The maximum Gasteiger partial charge on any atom is 0.273 e. The van der Waals surface area contributed by atoms with Crippen LogP contribution in [-0.4, -0.2) is 27.0 Å². The molecule has 0 unspecified atom stereocenters. The Morgan fingerprint density at radius 1 is 1.35 bits per heavy atom. The molecule has 0 spiro atoms. The second kappa shape index (κ2) is 6.45. The molecule has 0 aliphatic heterocycles. The van der Waals surface area contributed by atoms with Crippen LogP contribution < -0.4 is 0 Å². The van der Waals surface area contributed by atoms with Gasteiger partial charge in [0.2, 0.25) is 5.89 Å². The monoisotopic (exact) mass is 318 g/mol. The van der Waals surface area contributed by atoms with Gasteiger partial charge in [-0.3, -0.25) is 15.0 Å². The largest absolute Gasteiger partial charge is 0.338 e. The fourth-order valence-corrected chi connectivity index (χ4v) is 2.13. The van der Waals surface area contributed by atoms with Gasteiger partial charge < -0.3 is 4.52 Å². The second-order valence-corrected chi connectivity index (χ2v) is 6.68. The summed E-state index contributed by atoms with van der Waals surface area (Å²) in [7, 11) is 1.88. The van der Waals surface area contributed by atoms with Gasteiger partial charge in [0.05, 0.1) is 11.0 Å². The van der Waals surface area contributed by atoms with Gasteiger partial charge in [-0.25, -0.2) is 0 Å². The molecule has 23 heavy (non-hydrogen) atoms. The van der Waals surface area contributed by atoms with Crippen LogP contribution in [0.4, 0.5) is 5.69 Å². The van der Waals surface area contributed by atoms with Crippen LogP contribution in [0.3, 0.4) is 0 Å². The average Bonchev–Trinajstić information content (AvgIpc) is 2.96. The van der Waals surface area contributed by atoms with Crippen LogP contribution >= 0.6 is 0 Å². The zero-order valence-corrected chi connectivity index (χ0v) is 14.1. The first kappa shape index (κ1) is 17.1. The highest BCUT2D eigenvalue weighted by Gasteiger charge is 2.25. The van der Waals surface area contributed by atoms with Crippen molar-refractivity contribution in [2.24, 2.45) is 0 Å². The molecule has 1 heterocycles. The number of rotatable bonds is 5. The number of para-hydroxylation sites is 1. The van der Waals surface area contributed by atoms with Gasteiger partial charge in [-0.2, -0.15) is 4.98 Å². The zero-order valence-electron chi connectivity index (χ0n) is 14.1. The van der Waals surface area contributed by atoms with E-state index in [9.17, 15) is 10.1 Å². The maximum absolute atomic E-state index is 11.1. The van der Waals surface area contributed by atoms with Crippen molar-refractivity contribution in [3.63, 3.8) is 0 Å². The minimum Gasteiger partial charge on any atom is -0.338 e. The van der Waals surface area contributed by atoms with E-state index in [4.69, 9.17) is 4.52 Å². The number of nitro groups is 1. The number of hydrogen-bond acceptors (Lipinski definition) is 6. The van der Waals surface area contributed by atoms with Crippen LogP contribution in [-0.2, 0) is 12.0 Å². The normalized spacial score (nSPS) is 13.3. The molecule has 1 aromatic heterocycles. The van der Waals surface area contributed by atoms with Crippen LogP contribution in [0.5, 0.6) is 0 Å². The number of aromatic nitrogens is 2. The molecule has 1 atom stereocenters. The van der Waals surface area contributed by atoms with Crippen LogP contribution in [0.25, 0.3) is 0 Å². The molecule has 0 bridgehead atoms. The summed E-state index contributed by atoms with van der Waals surface area (Å²) in [6.07, 6.45) is 0. The van der Waals surface area contributed by atoms with Crippen molar-refractivity contribution in [3.8, 4) is 0 Å². The van der Waals surface area contributed by atoms with Crippen molar-refractivity contribution in [3.05, 3.63) is 51.7 Å². The third-order valence-electron chi connectivity index (χ3n) is 3.74. The summed E-state index contributed by atoms with van der Waals surface area (Å²) in [6, 6.07) is 6.59. The lowest BCUT2D eigenvalue weighted by molar-refractivity contribution is -0.385. The fraction of sp³-hybridized carbons (Fsp3) is 0.500. The smallest absolute Gasteiger partial charge is 0.273 e. The topological polar surface area (TPSA) is 85.3 Å². The van der Waals surface area contributed by atoms with Gasteiger partial charge in [-0.05, 0) is 14.0 Å². The highest BCUT2D eigenvalue weighted by Crippen LogP contribution is 2.26. The van der Waals surface area contributed by atoms with E-state index < -0.39 is 0 Å². The van der Waals surface area contributed by atoms with E-state index in [2.05, 4.69) is 10.1 Å². The van der Waals surface area contributed by atoms with Gasteiger partial charge in [0.1, 0.15) is 0 Å². The summed E-state index contributed by atoms with van der Waals surface area (Å²) in [5.41, 5.74) is 0.591. The Balaban J connectivity index is 2.16. The Hall–Kier alpha value is -2.28. The molecule has 0 radical (unpaired) electrons. The first-order valence-electron chi connectivity index (χ1n) is 7.46. The SMILES string of the molecule is C[C@H](c1nc(C(C)(C)C)no1)N(C)Cc1ccccc1[N+](=O)[O-]. The van der Waals surface area contributed by atoms with Crippen molar-refractivity contribution < 1.29 is 9.45 Å². The molecule has 7 nitrogen and oxygen atoms in total. The molecule has 124 valence electrons. The highest BCUT2D eigenvalue weighted by molar-refractivity contribution is 5.39. The molecule has 0 saturated heterocycles. The summed E-state index contributed by atoms with van der Waals surface area (Å²) in [5, 5.41) is 15.1. The number of nitrogens with zero attached hydrogens (tertiary/aromatic N) is 4. The first-order chi connectivity index (χ1) is 10.7. The lowest BCUT2D eigenvalue weighted by atomic mass is 9.96. The minimum atomic E-state index is -0.363. The van der Waals surface area contributed by atoms with E-state index in [0.29, 0.717) is 23.8 Å². The van der Waals surface area contributed by atoms with Crippen molar-refractivity contribution >= 4 is 5.69 Å². The van der Waals surface area contributed by atoms with Crippen molar-refractivity contribution in [2.75, 3.05) is 7.05 Å². The molecule has 0 saturated carbocycles. The maximum atomic E-state index is 11.1. The van der Waals surface area contributed by atoms with E-state index in [0.717, 1.165) is 0 Å². The lowest BCUT2D eigenvalue weighted by Crippen LogP contribution is -2.23. The van der Waals surface area contributed by atoms with Gasteiger partial charge in [-0.1, -0.05) is 44.1 Å². The fourth-order valence-electron chi connectivity index (χ4n) is 2.13. The third-order valence-corrected chi connectivity index (χ3v) is 3.74. The molecule has 2 rings (SSSR count). The summed E-state index contributed by atoms with van der Waals surface area (Å²) >= 11 is 0. The highest BCUT2D eigenvalue weighted by atomic mass is 16.6. The van der Waals surface area contributed by atoms with Crippen molar-refractivity contribution in [1.82, 2.24) is 15.0 Å². The van der Waals surface area contributed by atoms with Gasteiger partial charge in [0.25, 0.3) is 5.69 Å². The van der Waals surface area contributed by atoms with E-state index in [1.54, 1.807) is 18.2 Å². The Morgan fingerprint density at radius 2 is 2.00 bits per heavy atom. The van der Waals surface area contributed by atoms with Gasteiger partial charge in [0.15, 0.2) is 5.82 Å². The van der Waals surface area contributed by atoms with Gasteiger partial charge in [0, 0.05) is 23.6 Å². The summed E-state index contributed by atoms with van der Waals surface area (Å²) < 4.78 is 5.35. The van der Waals surface area contributed by atoms with Crippen LogP contribution in [0.2, 0.25) is 0 Å². The molecule has 0 fully saturated rings. The molecule has 0 amide bonds. The summed E-state index contributed by atoms with van der Waals surface area (Å²) in [4.78, 5) is 17.1. The molecular formula is C16H22N4O3. The molecule has 7 heteroatoms. The lowest BCUT2D eigenvalue weighted by Gasteiger charge is -2.21. The Labute approximate surface area is 135 Å². The number of benzene rings is 1. The minimum absolute atomic E-state index is 0.118. The van der Waals surface area contributed by atoms with E-state index in [1.807, 2.05) is 39.6 Å². The van der Waals surface area contributed by atoms with Crippen LogP contribution in [0, 0.1) is 10.1 Å². The van der Waals surface area contributed by atoms with E-state index >= 15 is 0 Å². The predicted molar refractivity (Wildman–Crippen MR) is 86.0 cm³/mol. The Kier molecular flexibility index (Phi) is 4.79.